The van der Waals surface area contributed by atoms with E-state index in [1.807, 2.05) is 18.2 Å². The van der Waals surface area contributed by atoms with Gasteiger partial charge in [-0.25, -0.2) is 0 Å². The van der Waals surface area contributed by atoms with E-state index in [1.165, 1.54) is 6.08 Å². The summed E-state index contributed by atoms with van der Waals surface area (Å²) in [5.74, 6) is -0.00495. The molecule has 15 heavy (non-hydrogen) atoms. The lowest BCUT2D eigenvalue weighted by molar-refractivity contribution is -0.113. The van der Waals surface area contributed by atoms with Gasteiger partial charge in [-0.2, -0.15) is 5.10 Å². The van der Waals surface area contributed by atoms with Crippen molar-refractivity contribution in [2.24, 2.45) is 5.73 Å². The van der Waals surface area contributed by atoms with Gasteiger partial charge in [-0.15, -0.1) is 0 Å². The molecule has 0 radical (unpaired) electrons. The van der Waals surface area contributed by atoms with Gasteiger partial charge in [0.2, 0.25) is 5.91 Å². The Balaban J connectivity index is 2.43. The van der Waals surface area contributed by atoms with Crippen molar-refractivity contribution in [2.75, 3.05) is 5.73 Å². The van der Waals surface area contributed by atoms with Crippen LogP contribution in [0.4, 0.5) is 5.82 Å². The van der Waals surface area contributed by atoms with Gasteiger partial charge in [0.25, 0.3) is 0 Å². The first kappa shape index (κ1) is 9.26. The summed E-state index contributed by atoms with van der Waals surface area (Å²) in [6, 6.07) is 5.53. The number of H-pyrrole nitrogens is 1. The number of nitrogens with two attached hydrogens (primary N) is 2. The number of carbonyl (C=O) groups is 1. The number of anilines is 1. The predicted octanol–water partition coefficient (Wildman–Crippen LogP) is 0.644. The topological polar surface area (TPSA) is 97.8 Å². The van der Waals surface area contributed by atoms with Crippen LogP contribution in [-0.2, 0) is 4.79 Å². The molecule has 0 bridgehead atoms. The van der Waals surface area contributed by atoms with Crippen LogP contribution in [0.3, 0.4) is 0 Å². The van der Waals surface area contributed by atoms with Crippen molar-refractivity contribution in [1.29, 1.82) is 0 Å². The highest BCUT2D eigenvalue weighted by Crippen LogP contribution is 2.19. The van der Waals surface area contributed by atoms with Crippen LogP contribution in [0.15, 0.2) is 24.3 Å². The Labute approximate surface area is 85.8 Å². The van der Waals surface area contributed by atoms with Crippen molar-refractivity contribution in [2.45, 2.75) is 0 Å². The van der Waals surface area contributed by atoms with Gasteiger partial charge in [-0.05, 0) is 23.8 Å². The molecule has 0 aliphatic rings. The molecule has 5 heteroatoms. The summed E-state index contributed by atoms with van der Waals surface area (Å²) < 4.78 is 0. The van der Waals surface area contributed by atoms with Crippen molar-refractivity contribution >= 4 is 28.7 Å². The number of fused-ring (bicyclic) bond motifs is 1. The molecule has 5 nitrogen and oxygen atoms in total. The van der Waals surface area contributed by atoms with Crippen molar-refractivity contribution in [1.82, 2.24) is 10.2 Å². The molecule has 0 spiro atoms. The maximum Gasteiger partial charge on any atom is 0.241 e. The zero-order valence-corrected chi connectivity index (χ0v) is 7.90. The number of primary amides is 1. The molecule has 0 saturated heterocycles. The second-order valence-corrected chi connectivity index (χ2v) is 3.15. The summed E-state index contributed by atoms with van der Waals surface area (Å²) >= 11 is 0. The summed E-state index contributed by atoms with van der Waals surface area (Å²) in [6.45, 7) is 0. The Morgan fingerprint density at radius 1 is 1.47 bits per heavy atom. The summed E-state index contributed by atoms with van der Waals surface area (Å²) in [5.41, 5.74) is 12.3. The largest absolute Gasteiger partial charge is 0.382 e. The number of hydrogen-bond donors (Lipinski definition) is 3. The average molecular weight is 202 g/mol. The smallest absolute Gasteiger partial charge is 0.241 e. The number of nitrogen functional groups attached to an aromatic ring is 1. The third-order valence-corrected chi connectivity index (χ3v) is 2.06. The highest BCUT2D eigenvalue weighted by molar-refractivity contribution is 5.93. The molecule has 1 aromatic carbocycles. The zero-order chi connectivity index (χ0) is 10.8. The number of carbonyl (C=O) groups excluding carboxylic acids is 1. The van der Waals surface area contributed by atoms with E-state index in [-0.39, 0.29) is 0 Å². The van der Waals surface area contributed by atoms with Crippen LogP contribution < -0.4 is 11.5 Å². The van der Waals surface area contributed by atoms with Crippen LogP contribution in [-0.4, -0.2) is 16.1 Å². The van der Waals surface area contributed by atoms with E-state index in [4.69, 9.17) is 11.5 Å². The van der Waals surface area contributed by atoms with E-state index >= 15 is 0 Å². The number of amides is 1. The van der Waals surface area contributed by atoms with E-state index < -0.39 is 5.91 Å². The second-order valence-electron chi connectivity index (χ2n) is 3.15. The van der Waals surface area contributed by atoms with Gasteiger partial charge in [0.1, 0.15) is 0 Å². The predicted molar refractivity (Wildman–Crippen MR) is 58.7 cm³/mol. The Hall–Kier alpha value is -2.30. The normalized spacial score (nSPS) is 11.2. The molecule has 0 saturated carbocycles. The van der Waals surface area contributed by atoms with E-state index in [0.29, 0.717) is 5.82 Å². The van der Waals surface area contributed by atoms with Gasteiger partial charge >= 0.3 is 0 Å². The maximum atomic E-state index is 10.5. The minimum Gasteiger partial charge on any atom is -0.382 e. The lowest BCUT2D eigenvalue weighted by Crippen LogP contribution is -2.04. The van der Waals surface area contributed by atoms with Gasteiger partial charge in [0.15, 0.2) is 5.82 Å². The van der Waals surface area contributed by atoms with Crippen LogP contribution >= 0.6 is 0 Å². The monoisotopic (exact) mass is 202 g/mol. The molecule has 0 unspecified atom stereocenters. The summed E-state index contributed by atoms with van der Waals surface area (Å²) in [6.07, 6.45) is 2.94. The van der Waals surface area contributed by atoms with Gasteiger partial charge < -0.3 is 11.5 Å². The second kappa shape index (κ2) is 3.45. The molecule has 0 aliphatic carbocycles. The van der Waals surface area contributed by atoms with E-state index in [2.05, 4.69) is 10.2 Å². The molecule has 1 aromatic heterocycles. The quantitative estimate of drug-likeness (QED) is 0.623. The minimum absolute atomic E-state index is 0.468. The zero-order valence-electron chi connectivity index (χ0n) is 7.90. The molecule has 2 rings (SSSR count). The highest BCUT2D eigenvalue weighted by atomic mass is 16.1. The number of nitrogens with zero attached hydrogens (tertiary/aromatic N) is 1. The Bertz CT molecular complexity index is 541. The average Bonchev–Trinajstić information content (AvgIpc) is 2.57. The number of nitrogens with one attached hydrogen (secondary N) is 1. The number of aromatic amines is 1. The fourth-order valence-electron chi connectivity index (χ4n) is 1.34. The molecule has 0 aliphatic heterocycles. The van der Waals surface area contributed by atoms with E-state index in [0.717, 1.165) is 16.5 Å². The van der Waals surface area contributed by atoms with Crippen LogP contribution in [0.5, 0.6) is 0 Å². The third-order valence-electron chi connectivity index (χ3n) is 2.06. The maximum absolute atomic E-state index is 10.5. The van der Waals surface area contributed by atoms with Crippen molar-refractivity contribution in [3.8, 4) is 0 Å². The molecule has 76 valence electrons. The van der Waals surface area contributed by atoms with Crippen molar-refractivity contribution in [3.05, 3.63) is 29.8 Å². The van der Waals surface area contributed by atoms with Gasteiger partial charge in [-0.1, -0.05) is 6.07 Å². The first-order chi connectivity index (χ1) is 7.16. The van der Waals surface area contributed by atoms with Crippen molar-refractivity contribution in [3.63, 3.8) is 0 Å². The highest BCUT2D eigenvalue weighted by Gasteiger charge is 2.01. The summed E-state index contributed by atoms with van der Waals surface area (Å²) in [4.78, 5) is 10.5. The number of hydrogen-bond acceptors (Lipinski definition) is 3. The summed E-state index contributed by atoms with van der Waals surface area (Å²) in [7, 11) is 0. The lowest BCUT2D eigenvalue weighted by atomic mass is 10.1. The van der Waals surface area contributed by atoms with E-state index in [1.54, 1.807) is 6.08 Å². The molecular weight excluding hydrogens is 192 g/mol. The van der Waals surface area contributed by atoms with Gasteiger partial charge in [0.05, 0.1) is 5.52 Å². The van der Waals surface area contributed by atoms with Crippen LogP contribution in [0.1, 0.15) is 5.56 Å². The Morgan fingerprint density at radius 3 is 3.00 bits per heavy atom. The van der Waals surface area contributed by atoms with Crippen molar-refractivity contribution < 1.29 is 4.79 Å². The Morgan fingerprint density at radius 2 is 2.27 bits per heavy atom. The number of benzene rings is 1. The number of rotatable bonds is 2. The van der Waals surface area contributed by atoms with Crippen LogP contribution in [0.2, 0.25) is 0 Å². The SMILES string of the molecule is NC(=O)C=Cc1ccc2c(N)n[nH]c2c1. The molecule has 0 fully saturated rings. The number of aromatic nitrogens is 2. The summed E-state index contributed by atoms with van der Waals surface area (Å²) in [5, 5.41) is 7.53. The molecule has 1 heterocycles. The fourth-order valence-corrected chi connectivity index (χ4v) is 1.34. The first-order valence-corrected chi connectivity index (χ1v) is 4.38. The first-order valence-electron chi connectivity index (χ1n) is 4.38. The molecule has 5 N–H and O–H groups in total. The van der Waals surface area contributed by atoms with Crippen LogP contribution in [0, 0.1) is 0 Å². The van der Waals surface area contributed by atoms with Crippen LogP contribution in [0.25, 0.3) is 17.0 Å². The molecular formula is C10H10N4O. The lowest BCUT2D eigenvalue weighted by Gasteiger charge is -1.93. The van der Waals surface area contributed by atoms with Gasteiger partial charge in [-0.3, -0.25) is 9.89 Å². The molecule has 0 atom stereocenters. The minimum atomic E-state index is -0.473. The standard InChI is InChI=1S/C10H10N4O/c11-9(15)4-2-6-1-3-7-8(5-6)13-14-10(7)12/h1-5H,(H2,11,15)(H3,12,13,14). The van der Waals surface area contributed by atoms with E-state index in [9.17, 15) is 4.79 Å². The Kier molecular flexibility index (Phi) is 2.13. The fraction of sp³-hybridized carbons (Fsp3) is 0. The molecule has 2 aromatic rings. The van der Waals surface area contributed by atoms with Gasteiger partial charge in [0, 0.05) is 11.5 Å². The molecule has 1 amide bonds. The third kappa shape index (κ3) is 1.80.